The van der Waals surface area contributed by atoms with Gasteiger partial charge in [-0.1, -0.05) is 23.5 Å². The van der Waals surface area contributed by atoms with Crippen LogP contribution in [0.5, 0.6) is 11.5 Å². The van der Waals surface area contributed by atoms with Gasteiger partial charge in [-0.3, -0.25) is 4.79 Å². The molecule has 0 saturated carbocycles. The van der Waals surface area contributed by atoms with Crippen LogP contribution in [-0.2, 0) is 22.5 Å². The maximum absolute atomic E-state index is 12.6. The second-order valence-corrected chi connectivity index (χ2v) is 7.34. The van der Waals surface area contributed by atoms with Gasteiger partial charge < -0.3 is 18.8 Å². The van der Waals surface area contributed by atoms with Crippen LogP contribution in [0.1, 0.15) is 15.9 Å². The number of nitrogens with zero attached hydrogens (tertiary/aromatic N) is 2. The van der Waals surface area contributed by atoms with Gasteiger partial charge in [-0.25, -0.2) is 4.79 Å². The number of carbonyl (C=O) groups excluding carboxylic acids is 2. The highest BCUT2D eigenvalue weighted by Crippen LogP contribution is 2.27. The number of amides is 1. The van der Waals surface area contributed by atoms with Crippen LogP contribution in [0.15, 0.2) is 54.0 Å². The Labute approximate surface area is 177 Å². The highest BCUT2D eigenvalue weighted by atomic mass is 32.1. The summed E-state index contributed by atoms with van der Waals surface area (Å²) < 4.78 is 18.0. The number of esters is 1. The van der Waals surface area contributed by atoms with Gasteiger partial charge in [-0.05, 0) is 35.9 Å². The first-order valence-corrected chi connectivity index (χ1v) is 9.93. The monoisotopic (exact) mass is 426 g/mol. The average molecular weight is 426 g/mol. The Hall–Kier alpha value is -3.39. The summed E-state index contributed by atoms with van der Waals surface area (Å²) in [6, 6.07) is 10.6. The molecule has 0 aliphatic carbocycles. The van der Waals surface area contributed by atoms with Gasteiger partial charge >= 0.3 is 5.97 Å². The fourth-order valence-corrected chi connectivity index (χ4v) is 4.12. The van der Waals surface area contributed by atoms with Gasteiger partial charge in [-0.15, -0.1) is 6.58 Å². The summed E-state index contributed by atoms with van der Waals surface area (Å²) in [4.78, 5) is 29.3. The molecule has 30 heavy (non-hydrogen) atoms. The van der Waals surface area contributed by atoms with E-state index in [1.807, 2.05) is 10.6 Å². The van der Waals surface area contributed by atoms with Crippen molar-refractivity contribution < 1.29 is 23.8 Å². The molecule has 0 bridgehead atoms. The number of ether oxygens (including phenoxy) is 3. The van der Waals surface area contributed by atoms with E-state index in [0.29, 0.717) is 28.4 Å². The minimum absolute atomic E-state index is 0.121. The molecule has 0 atom stereocenters. The van der Waals surface area contributed by atoms with Crippen LogP contribution in [0, 0.1) is 0 Å². The normalized spacial score (nSPS) is 11.4. The SMILES string of the molecule is C=CCn1c(=NC(=O)Cc2ccc(OC)c(OC)c2)sc2cc(C(=O)OC)ccc21. The van der Waals surface area contributed by atoms with Crippen LogP contribution in [0.4, 0.5) is 0 Å². The fraction of sp³-hybridized carbons (Fsp3) is 0.227. The lowest BCUT2D eigenvalue weighted by atomic mass is 10.1. The minimum atomic E-state index is -0.413. The number of hydrogen-bond donors (Lipinski definition) is 0. The number of fused-ring (bicyclic) bond motifs is 1. The lowest BCUT2D eigenvalue weighted by Crippen LogP contribution is -2.17. The summed E-state index contributed by atoms with van der Waals surface area (Å²) in [5, 5.41) is 0. The Bertz CT molecular complexity index is 1180. The van der Waals surface area contributed by atoms with Gasteiger partial charge in [0.15, 0.2) is 16.3 Å². The number of thiazole rings is 1. The molecule has 0 N–H and O–H groups in total. The largest absolute Gasteiger partial charge is 0.493 e. The van der Waals surface area contributed by atoms with Crippen molar-refractivity contribution in [2.75, 3.05) is 21.3 Å². The van der Waals surface area contributed by atoms with Crippen molar-refractivity contribution in [3.8, 4) is 11.5 Å². The van der Waals surface area contributed by atoms with Crippen molar-refractivity contribution in [2.24, 2.45) is 4.99 Å². The molecule has 0 radical (unpaired) electrons. The first kappa shape index (κ1) is 21.3. The Morgan fingerprint density at radius 1 is 1.10 bits per heavy atom. The van der Waals surface area contributed by atoms with Gasteiger partial charge in [0.05, 0.1) is 43.5 Å². The summed E-state index contributed by atoms with van der Waals surface area (Å²) in [5.74, 6) is 0.450. The molecule has 1 amide bonds. The predicted octanol–water partition coefficient (Wildman–Crippen LogP) is 3.36. The van der Waals surface area contributed by atoms with Crippen molar-refractivity contribution in [2.45, 2.75) is 13.0 Å². The number of methoxy groups -OCH3 is 3. The molecule has 1 heterocycles. The maximum atomic E-state index is 12.6. The molecule has 8 heteroatoms. The molecular weight excluding hydrogens is 404 g/mol. The van der Waals surface area contributed by atoms with E-state index in [1.54, 1.807) is 50.6 Å². The number of carbonyl (C=O) groups is 2. The van der Waals surface area contributed by atoms with E-state index in [0.717, 1.165) is 15.8 Å². The molecule has 0 aliphatic heterocycles. The van der Waals surface area contributed by atoms with Crippen LogP contribution >= 0.6 is 11.3 Å². The molecule has 7 nitrogen and oxygen atoms in total. The molecule has 0 aliphatic rings. The fourth-order valence-electron chi connectivity index (χ4n) is 3.02. The smallest absolute Gasteiger partial charge is 0.337 e. The molecule has 0 saturated heterocycles. The van der Waals surface area contributed by atoms with E-state index >= 15 is 0 Å². The minimum Gasteiger partial charge on any atom is -0.493 e. The topological polar surface area (TPSA) is 79.1 Å². The predicted molar refractivity (Wildman–Crippen MR) is 115 cm³/mol. The summed E-state index contributed by atoms with van der Waals surface area (Å²) in [6.07, 6.45) is 1.86. The number of benzene rings is 2. The standard InChI is InChI=1S/C22H22N2O5S/c1-5-10-24-16-8-7-15(21(26)29-4)13-19(16)30-22(24)23-20(25)12-14-6-9-17(27-2)18(11-14)28-3/h5-9,11,13H,1,10,12H2,2-4H3. The van der Waals surface area contributed by atoms with Crippen LogP contribution in [-0.4, -0.2) is 37.8 Å². The zero-order valence-corrected chi connectivity index (χ0v) is 17.8. The summed E-state index contributed by atoms with van der Waals surface area (Å²) >= 11 is 1.33. The van der Waals surface area contributed by atoms with Crippen LogP contribution in [0.3, 0.4) is 0 Å². The summed E-state index contributed by atoms with van der Waals surface area (Å²) in [5.41, 5.74) is 2.08. The third-order valence-electron chi connectivity index (χ3n) is 4.44. The zero-order chi connectivity index (χ0) is 21.7. The first-order chi connectivity index (χ1) is 14.5. The average Bonchev–Trinajstić information content (AvgIpc) is 3.09. The van der Waals surface area contributed by atoms with Crippen molar-refractivity contribution in [1.29, 1.82) is 0 Å². The Kier molecular flexibility index (Phi) is 6.68. The van der Waals surface area contributed by atoms with Gasteiger partial charge in [0, 0.05) is 6.54 Å². The second kappa shape index (κ2) is 9.41. The van der Waals surface area contributed by atoms with Crippen LogP contribution < -0.4 is 14.3 Å². The Morgan fingerprint density at radius 3 is 2.53 bits per heavy atom. The molecule has 3 rings (SSSR count). The zero-order valence-electron chi connectivity index (χ0n) is 17.0. The third kappa shape index (κ3) is 4.44. The van der Waals surface area contributed by atoms with Gasteiger partial charge in [0.25, 0.3) is 5.91 Å². The Morgan fingerprint density at radius 2 is 1.87 bits per heavy atom. The molecular formula is C22H22N2O5S. The van der Waals surface area contributed by atoms with Gasteiger partial charge in [0.1, 0.15) is 0 Å². The summed E-state index contributed by atoms with van der Waals surface area (Å²) in [6.45, 7) is 4.27. The maximum Gasteiger partial charge on any atom is 0.337 e. The lowest BCUT2D eigenvalue weighted by molar-refractivity contribution is -0.117. The highest BCUT2D eigenvalue weighted by molar-refractivity contribution is 7.16. The van der Waals surface area contributed by atoms with Crippen LogP contribution in [0.2, 0.25) is 0 Å². The number of allylic oxidation sites excluding steroid dienone is 1. The summed E-state index contributed by atoms with van der Waals surface area (Å²) in [7, 11) is 4.45. The molecule has 0 fully saturated rings. The van der Waals surface area contributed by atoms with Crippen molar-refractivity contribution in [3.05, 3.63) is 65.0 Å². The number of hydrogen-bond acceptors (Lipinski definition) is 6. The van der Waals surface area contributed by atoms with E-state index in [1.165, 1.54) is 18.4 Å². The lowest BCUT2D eigenvalue weighted by Gasteiger charge is -2.08. The number of aromatic nitrogens is 1. The van der Waals surface area contributed by atoms with Crippen molar-refractivity contribution in [1.82, 2.24) is 4.57 Å². The van der Waals surface area contributed by atoms with Crippen molar-refractivity contribution in [3.63, 3.8) is 0 Å². The number of rotatable bonds is 7. The first-order valence-electron chi connectivity index (χ1n) is 9.11. The van der Waals surface area contributed by atoms with E-state index in [4.69, 9.17) is 14.2 Å². The van der Waals surface area contributed by atoms with E-state index < -0.39 is 5.97 Å². The molecule has 2 aromatic carbocycles. The van der Waals surface area contributed by atoms with E-state index in [2.05, 4.69) is 11.6 Å². The quantitative estimate of drug-likeness (QED) is 0.428. The Balaban J connectivity index is 1.97. The molecule has 156 valence electrons. The highest BCUT2D eigenvalue weighted by Gasteiger charge is 2.12. The molecule has 0 unspecified atom stereocenters. The van der Waals surface area contributed by atoms with Crippen molar-refractivity contribution >= 4 is 33.4 Å². The van der Waals surface area contributed by atoms with Gasteiger partial charge in [-0.2, -0.15) is 4.99 Å². The van der Waals surface area contributed by atoms with E-state index in [9.17, 15) is 9.59 Å². The van der Waals surface area contributed by atoms with Gasteiger partial charge in [0.2, 0.25) is 0 Å². The third-order valence-corrected chi connectivity index (χ3v) is 5.48. The molecule has 1 aromatic heterocycles. The van der Waals surface area contributed by atoms with E-state index in [-0.39, 0.29) is 12.3 Å². The molecule has 3 aromatic rings. The molecule has 0 spiro atoms. The second-order valence-electron chi connectivity index (χ2n) is 6.33. The van der Waals surface area contributed by atoms with Crippen LogP contribution in [0.25, 0.3) is 10.2 Å².